The highest BCUT2D eigenvalue weighted by atomic mass is 16.6. The van der Waals surface area contributed by atoms with Crippen LogP contribution in [0.15, 0.2) is 60.7 Å². The van der Waals surface area contributed by atoms with E-state index in [-0.39, 0.29) is 24.9 Å². The highest BCUT2D eigenvalue weighted by molar-refractivity contribution is 5.94. The zero-order chi connectivity index (χ0) is 30.3. The van der Waals surface area contributed by atoms with Crippen molar-refractivity contribution in [3.63, 3.8) is 0 Å². The zero-order valence-electron chi connectivity index (χ0n) is 25.0. The van der Waals surface area contributed by atoms with Gasteiger partial charge in [-0.25, -0.2) is 4.79 Å². The van der Waals surface area contributed by atoms with Gasteiger partial charge in [0.05, 0.1) is 18.6 Å². The number of alkyl carbamates (subject to hydrolysis) is 1. The standard InChI is InChI=1S/C32H43N3O6/c1-23(36)32(25-15-11-8-12-16-25)17-19-35(20-18-32)27(37)26(22-40-21-24-13-9-7-10-14-24)33-28(38)31(5,6)34-29(39)41-30(2,3)4/h7-16,26H,17-22H2,1-6H3,(H,33,38)(H,34,39). The maximum atomic E-state index is 13.8. The number of nitrogens with zero attached hydrogens (tertiary/aromatic N) is 1. The number of ether oxygens (including phenoxy) is 2. The highest BCUT2D eigenvalue weighted by Gasteiger charge is 2.43. The lowest BCUT2D eigenvalue weighted by atomic mass is 9.70. The third-order valence-electron chi connectivity index (χ3n) is 7.31. The van der Waals surface area contributed by atoms with Gasteiger partial charge in [-0.2, -0.15) is 0 Å². The molecule has 3 amide bonds. The number of carbonyl (C=O) groups is 4. The molecule has 1 heterocycles. The number of likely N-dealkylation sites (tertiary alicyclic amines) is 1. The normalized spacial score (nSPS) is 15.9. The van der Waals surface area contributed by atoms with Crippen molar-refractivity contribution in [1.29, 1.82) is 0 Å². The molecule has 9 nitrogen and oxygen atoms in total. The maximum Gasteiger partial charge on any atom is 0.408 e. The summed E-state index contributed by atoms with van der Waals surface area (Å²) >= 11 is 0. The Hall–Kier alpha value is -3.72. The fraction of sp³-hybridized carbons (Fsp3) is 0.500. The summed E-state index contributed by atoms with van der Waals surface area (Å²) in [5.41, 5.74) is -0.863. The molecule has 0 bridgehead atoms. The number of hydrogen-bond acceptors (Lipinski definition) is 6. The number of hydrogen-bond donors (Lipinski definition) is 2. The van der Waals surface area contributed by atoms with E-state index < -0.39 is 34.6 Å². The monoisotopic (exact) mass is 565 g/mol. The molecule has 9 heteroatoms. The molecule has 2 aromatic carbocycles. The van der Waals surface area contributed by atoms with E-state index in [9.17, 15) is 19.2 Å². The number of Topliss-reactive ketones (excluding diaryl/α,β-unsaturated/α-hetero) is 1. The van der Waals surface area contributed by atoms with E-state index >= 15 is 0 Å². The largest absolute Gasteiger partial charge is 0.444 e. The van der Waals surface area contributed by atoms with Gasteiger partial charge in [-0.15, -0.1) is 0 Å². The molecule has 0 spiro atoms. The van der Waals surface area contributed by atoms with Crippen molar-refractivity contribution in [2.24, 2.45) is 0 Å². The Morgan fingerprint density at radius 1 is 0.902 bits per heavy atom. The number of benzene rings is 2. The van der Waals surface area contributed by atoms with Gasteiger partial charge in [-0.3, -0.25) is 14.4 Å². The van der Waals surface area contributed by atoms with Crippen molar-refractivity contribution in [2.45, 2.75) is 83.6 Å². The molecule has 41 heavy (non-hydrogen) atoms. The molecule has 2 aromatic rings. The van der Waals surface area contributed by atoms with Gasteiger partial charge in [0.25, 0.3) is 0 Å². The van der Waals surface area contributed by atoms with Crippen LogP contribution in [0.3, 0.4) is 0 Å². The van der Waals surface area contributed by atoms with Crippen LogP contribution >= 0.6 is 0 Å². The second-order valence-electron chi connectivity index (χ2n) is 12.1. The van der Waals surface area contributed by atoms with Gasteiger partial charge >= 0.3 is 6.09 Å². The topological polar surface area (TPSA) is 114 Å². The van der Waals surface area contributed by atoms with Crippen LogP contribution in [-0.4, -0.2) is 65.5 Å². The molecule has 1 aliphatic heterocycles. The van der Waals surface area contributed by atoms with E-state index in [0.717, 1.165) is 11.1 Å². The lowest BCUT2D eigenvalue weighted by Gasteiger charge is -2.41. The number of carbonyl (C=O) groups excluding carboxylic acids is 4. The Morgan fingerprint density at radius 3 is 2.00 bits per heavy atom. The molecule has 1 atom stereocenters. The SMILES string of the molecule is CC(=O)C1(c2ccccc2)CCN(C(=O)C(COCc2ccccc2)NC(=O)C(C)(C)NC(=O)OC(C)(C)C)CC1. The summed E-state index contributed by atoms with van der Waals surface area (Å²) in [5, 5.41) is 5.38. The fourth-order valence-electron chi connectivity index (χ4n) is 4.93. The van der Waals surface area contributed by atoms with E-state index in [1.165, 1.54) is 0 Å². The van der Waals surface area contributed by atoms with Crippen molar-refractivity contribution in [3.8, 4) is 0 Å². The minimum absolute atomic E-state index is 0.0605. The van der Waals surface area contributed by atoms with Crippen LogP contribution in [0.2, 0.25) is 0 Å². The van der Waals surface area contributed by atoms with Crippen LogP contribution < -0.4 is 10.6 Å². The van der Waals surface area contributed by atoms with Crippen molar-refractivity contribution in [2.75, 3.05) is 19.7 Å². The van der Waals surface area contributed by atoms with Crippen LogP contribution in [0.25, 0.3) is 0 Å². The van der Waals surface area contributed by atoms with Gasteiger partial charge in [0.2, 0.25) is 11.8 Å². The van der Waals surface area contributed by atoms with Crippen molar-refractivity contribution >= 4 is 23.7 Å². The van der Waals surface area contributed by atoms with Gasteiger partial charge in [0.15, 0.2) is 0 Å². The molecular formula is C32H43N3O6. The van der Waals surface area contributed by atoms with Crippen molar-refractivity contribution in [3.05, 3.63) is 71.8 Å². The molecule has 1 fully saturated rings. The Labute approximate surface area is 243 Å². The molecule has 0 saturated carbocycles. The van der Waals surface area contributed by atoms with Gasteiger partial charge in [-0.05, 0) is 65.5 Å². The molecule has 0 aliphatic carbocycles. The smallest absolute Gasteiger partial charge is 0.408 e. The maximum absolute atomic E-state index is 13.8. The van der Waals surface area contributed by atoms with Crippen LogP contribution in [0, 0.1) is 0 Å². The van der Waals surface area contributed by atoms with Gasteiger partial charge < -0.3 is 25.0 Å². The lowest BCUT2D eigenvalue weighted by molar-refractivity contribution is -0.142. The van der Waals surface area contributed by atoms with Crippen molar-refractivity contribution < 1.29 is 28.7 Å². The fourth-order valence-corrected chi connectivity index (χ4v) is 4.93. The summed E-state index contributed by atoms with van der Waals surface area (Å²) in [7, 11) is 0. The minimum atomic E-state index is -1.36. The Balaban J connectivity index is 1.73. The number of amides is 3. The average molecular weight is 566 g/mol. The van der Waals surface area contributed by atoms with Crippen molar-refractivity contribution in [1.82, 2.24) is 15.5 Å². The molecule has 0 radical (unpaired) electrons. The van der Waals surface area contributed by atoms with E-state index in [4.69, 9.17) is 9.47 Å². The molecule has 1 saturated heterocycles. The minimum Gasteiger partial charge on any atom is -0.444 e. The summed E-state index contributed by atoms with van der Waals surface area (Å²) in [4.78, 5) is 53.9. The second kappa shape index (κ2) is 13.3. The molecule has 0 aromatic heterocycles. The first-order chi connectivity index (χ1) is 19.2. The molecule has 1 aliphatic rings. The van der Waals surface area contributed by atoms with Gasteiger partial charge in [-0.1, -0.05) is 60.7 Å². The number of ketones is 1. The molecular weight excluding hydrogens is 522 g/mol. The highest BCUT2D eigenvalue weighted by Crippen LogP contribution is 2.36. The first-order valence-corrected chi connectivity index (χ1v) is 14.0. The zero-order valence-corrected chi connectivity index (χ0v) is 25.0. The predicted octanol–water partition coefficient (Wildman–Crippen LogP) is 4.14. The Kier molecular flexibility index (Phi) is 10.3. The third-order valence-corrected chi connectivity index (χ3v) is 7.31. The molecule has 222 valence electrons. The van der Waals surface area contributed by atoms with E-state index in [1.54, 1.807) is 46.4 Å². The van der Waals surface area contributed by atoms with E-state index in [0.29, 0.717) is 25.9 Å². The Morgan fingerprint density at radius 2 is 1.46 bits per heavy atom. The van der Waals surface area contributed by atoms with E-state index in [2.05, 4.69) is 10.6 Å². The first kappa shape index (κ1) is 31.8. The Bertz CT molecular complexity index is 1200. The van der Waals surface area contributed by atoms with Crippen LogP contribution in [0.5, 0.6) is 0 Å². The van der Waals surface area contributed by atoms with Gasteiger partial charge in [0, 0.05) is 13.1 Å². The number of rotatable bonds is 10. The lowest BCUT2D eigenvalue weighted by Crippen LogP contribution is -2.61. The summed E-state index contributed by atoms with van der Waals surface area (Å²) in [6, 6.07) is 18.2. The molecule has 2 N–H and O–H groups in total. The summed E-state index contributed by atoms with van der Waals surface area (Å²) in [6.07, 6.45) is 0.225. The summed E-state index contributed by atoms with van der Waals surface area (Å²) in [6.45, 7) is 10.8. The first-order valence-electron chi connectivity index (χ1n) is 14.0. The number of nitrogens with one attached hydrogen (secondary N) is 2. The van der Waals surface area contributed by atoms with Crippen LogP contribution in [0.1, 0.15) is 65.5 Å². The van der Waals surface area contributed by atoms with Gasteiger partial charge in [0.1, 0.15) is 23.0 Å². The summed E-state index contributed by atoms with van der Waals surface area (Å²) in [5.74, 6) is -0.782. The second-order valence-corrected chi connectivity index (χ2v) is 12.1. The average Bonchev–Trinajstić information content (AvgIpc) is 2.91. The third kappa shape index (κ3) is 8.63. The predicted molar refractivity (Wildman–Crippen MR) is 156 cm³/mol. The van der Waals surface area contributed by atoms with Crippen LogP contribution in [0.4, 0.5) is 4.79 Å². The summed E-state index contributed by atoms with van der Waals surface area (Å²) < 4.78 is 11.2. The quantitative estimate of drug-likeness (QED) is 0.448. The molecule has 1 unspecified atom stereocenters. The molecule has 3 rings (SSSR count). The van der Waals surface area contributed by atoms with Crippen LogP contribution in [-0.2, 0) is 35.9 Å². The number of piperidine rings is 1. The van der Waals surface area contributed by atoms with E-state index in [1.807, 2.05) is 60.7 Å².